The van der Waals surface area contributed by atoms with E-state index < -0.39 is 12.1 Å². The molecule has 0 aliphatic carbocycles. The molecule has 0 aliphatic heterocycles. The third-order valence-electron chi connectivity index (χ3n) is 0.571. The van der Waals surface area contributed by atoms with Crippen LogP contribution in [0.4, 0.5) is 0 Å². The lowest BCUT2D eigenvalue weighted by Crippen LogP contribution is -2.28. The van der Waals surface area contributed by atoms with E-state index in [1.54, 1.807) is 0 Å². The molecule has 2 unspecified atom stereocenters. The van der Waals surface area contributed by atoms with Crippen molar-refractivity contribution < 1.29 is 7.85 Å². The highest BCUT2D eigenvalue weighted by Crippen LogP contribution is 1.81. The summed E-state index contributed by atoms with van der Waals surface area (Å²) in [5.41, 5.74) is 5.04. The zero-order valence-electron chi connectivity index (χ0n) is 6.02. The first-order valence-corrected chi connectivity index (χ1v) is 1.76. The number of aliphatic hydroxyl groups is 1. The van der Waals surface area contributed by atoms with E-state index >= 15 is 0 Å². The molecule has 0 aliphatic rings. The SMILES string of the molecule is [2H][13C](C)(N)[13C]([2H])(C)O. The van der Waals surface area contributed by atoms with Crippen LogP contribution >= 0.6 is 0 Å². The summed E-state index contributed by atoms with van der Waals surface area (Å²) in [5, 5.41) is 8.71. The minimum Gasteiger partial charge on any atom is -0.392 e. The fourth-order valence-electron chi connectivity index (χ4n) is 0. The lowest BCUT2D eigenvalue weighted by atomic mass is 10.9. The predicted molar refractivity (Wildman–Crippen MR) is 25.3 cm³/mol. The quantitative estimate of drug-likeness (QED) is 0.438. The van der Waals surface area contributed by atoms with E-state index in [1.165, 1.54) is 13.8 Å². The summed E-state index contributed by atoms with van der Waals surface area (Å²) < 4.78 is 13.8. The van der Waals surface area contributed by atoms with Crippen molar-refractivity contribution in [3.63, 3.8) is 0 Å². The molecule has 0 amide bonds. The van der Waals surface area contributed by atoms with Gasteiger partial charge in [-0.05, 0) is 13.8 Å². The molecule has 0 bridgehead atoms. The summed E-state index contributed by atoms with van der Waals surface area (Å²) in [5.74, 6) is 0. The van der Waals surface area contributed by atoms with Gasteiger partial charge in [0, 0.05) is 7.39 Å². The fraction of sp³-hybridized carbons (Fsp3) is 1.00. The average molecular weight is 93.1 g/mol. The van der Waals surface area contributed by atoms with Crippen molar-refractivity contribution in [1.29, 1.82) is 0 Å². The predicted octanol–water partition coefficient (Wildman–Crippen LogP) is -0.286. The van der Waals surface area contributed by atoms with Gasteiger partial charge in [-0.1, -0.05) is 0 Å². The van der Waals surface area contributed by atoms with Gasteiger partial charge in [0.15, 0.2) is 0 Å². The molecular weight excluding hydrogens is 80.0 g/mol. The second-order valence-corrected chi connectivity index (χ2v) is 1.27. The smallest absolute Gasteiger partial charge is 0.0660 e. The maximum atomic E-state index is 8.71. The number of hydrogen-bond acceptors (Lipinski definition) is 2. The summed E-state index contributed by atoms with van der Waals surface area (Å²) in [6, 6.07) is -1.59. The van der Waals surface area contributed by atoms with E-state index in [0.717, 1.165) is 0 Å². The van der Waals surface area contributed by atoms with Crippen LogP contribution in [0.3, 0.4) is 0 Å². The Morgan fingerprint density at radius 1 is 1.83 bits per heavy atom. The van der Waals surface area contributed by atoms with Gasteiger partial charge in [0.2, 0.25) is 0 Å². The molecule has 0 aromatic carbocycles. The van der Waals surface area contributed by atoms with E-state index in [2.05, 4.69) is 0 Å². The van der Waals surface area contributed by atoms with E-state index in [1.807, 2.05) is 0 Å². The maximum absolute atomic E-state index is 8.71. The summed E-state index contributed by atoms with van der Waals surface area (Å²) in [6.45, 7) is 2.46. The third-order valence-corrected chi connectivity index (χ3v) is 0.571. The van der Waals surface area contributed by atoms with Crippen molar-refractivity contribution in [3.8, 4) is 0 Å². The molecule has 0 spiro atoms. The van der Waals surface area contributed by atoms with Gasteiger partial charge in [0.1, 0.15) is 0 Å². The number of hydrogen-bond donors (Lipinski definition) is 2. The Morgan fingerprint density at radius 3 is 2.00 bits per heavy atom. The molecular formula is C4H11NO. The average Bonchev–Trinajstić information content (AvgIpc) is 1.25. The highest BCUT2D eigenvalue weighted by Gasteiger charge is 1.97. The van der Waals surface area contributed by atoms with Gasteiger partial charge in [-0.25, -0.2) is 0 Å². The van der Waals surface area contributed by atoms with Crippen LogP contribution in [-0.2, 0) is 0 Å². The van der Waals surface area contributed by atoms with E-state index in [0.29, 0.717) is 0 Å². The fourth-order valence-corrected chi connectivity index (χ4v) is 0. The van der Waals surface area contributed by atoms with Crippen LogP contribution in [0, 0.1) is 0 Å². The van der Waals surface area contributed by atoms with E-state index in [-0.39, 0.29) is 0 Å². The Morgan fingerprint density at radius 2 is 2.00 bits per heavy atom. The molecule has 0 rings (SSSR count). The first-order valence-electron chi connectivity index (χ1n) is 2.76. The van der Waals surface area contributed by atoms with Gasteiger partial charge in [-0.2, -0.15) is 0 Å². The van der Waals surface area contributed by atoms with Crippen LogP contribution in [0.15, 0.2) is 0 Å². The minimum atomic E-state index is -1.87. The van der Waals surface area contributed by atoms with Gasteiger partial charge in [-0.3, -0.25) is 0 Å². The molecule has 0 saturated heterocycles. The zero-order chi connectivity index (χ0) is 7.00. The molecule has 3 N–H and O–H groups in total. The van der Waals surface area contributed by atoms with Crippen LogP contribution in [0.25, 0.3) is 0 Å². The van der Waals surface area contributed by atoms with E-state index in [9.17, 15) is 0 Å². The van der Waals surface area contributed by atoms with Gasteiger partial charge in [-0.15, -0.1) is 0 Å². The lowest BCUT2D eigenvalue weighted by molar-refractivity contribution is 0.170. The van der Waals surface area contributed by atoms with Crippen molar-refractivity contribution in [2.24, 2.45) is 5.73 Å². The molecule has 0 fully saturated rings. The Hall–Kier alpha value is -0.0800. The third kappa shape index (κ3) is 2.18. The van der Waals surface area contributed by atoms with E-state index in [4.69, 9.17) is 13.6 Å². The Kier molecular flexibility index (Phi) is 1.08. The number of rotatable bonds is 1. The van der Waals surface area contributed by atoms with Crippen molar-refractivity contribution >= 4 is 0 Å². The largest absolute Gasteiger partial charge is 0.392 e. The molecule has 0 radical (unpaired) electrons. The summed E-state index contributed by atoms with van der Waals surface area (Å²) in [7, 11) is 0. The summed E-state index contributed by atoms with van der Waals surface area (Å²) >= 11 is 0. The molecule has 0 saturated carbocycles. The minimum absolute atomic E-state index is 1.18. The highest BCUT2D eigenvalue weighted by molar-refractivity contribution is 4.57. The molecule has 6 heavy (non-hydrogen) atoms. The van der Waals surface area contributed by atoms with Gasteiger partial charge in [0.05, 0.1) is 7.45 Å². The Bertz CT molecular complexity index is 69.0. The topological polar surface area (TPSA) is 46.2 Å². The van der Waals surface area contributed by atoms with Crippen LogP contribution in [0.1, 0.15) is 16.6 Å². The molecule has 2 heteroatoms. The van der Waals surface area contributed by atoms with Crippen molar-refractivity contribution in [3.05, 3.63) is 0 Å². The monoisotopic (exact) mass is 93.1 g/mol. The summed E-state index contributed by atoms with van der Waals surface area (Å²) in [6.07, 6.45) is -1.87. The molecule has 2 nitrogen and oxygen atoms in total. The standard InChI is InChI=1S/C4H11NO/c1-3(5)4(2)6/h3-4,6H,5H2,1-2H3/i3+1D,4+1D. The zero-order valence-corrected chi connectivity index (χ0v) is 4.02. The first-order chi connectivity index (χ1) is 3.25. The Labute approximate surface area is 40.8 Å². The van der Waals surface area contributed by atoms with Crippen molar-refractivity contribution in [1.82, 2.24) is 0 Å². The van der Waals surface area contributed by atoms with Gasteiger partial charge in [0.25, 0.3) is 0 Å². The van der Waals surface area contributed by atoms with Gasteiger partial charge >= 0.3 is 0 Å². The van der Waals surface area contributed by atoms with Crippen LogP contribution in [-0.4, -0.2) is 17.2 Å². The van der Waals surface area contributed by atoms with Crippen LogP contribution in [0.5, 0.6) is 0 Å². The molecule has 2 atom stereocenters. The molecule has 0 aromatic heterocycles. The molecule has 0 aromatic rings. The Balaban J connectivity index is 4.02. The van der Waals surface area contributed by atoms with Crippen molar-refractivity contribution in [2.75, 3.05) is 0 Å². The van der Waals surface area contributed by atoms with Crippen molar-refractivity contribution in [2.45, 2.75) is 25.9 Å². The second kappa shape index (κ2) is 2.16. The summed E-state index contributed by atoms with van der Waals surface area (Å²) in [4.78, 5) is 0. The molecule has 38 valence electrons. The lowest BCUT2D eigenvalue weighted by Gasteiger charge is -2.04. The number of nitrogens with two attached hydrogens (primary N) is 1. The van der Waals surface area contributed by atoms with Crippen LogP contribution < -0.4 is 5.73 Å². The maximum Gasteiger partial charge on any atom is 0.0660 e. The first kappa shape index (κ1) is 2.99. The highest BCUT2D eigenvalue weighted by atomic mass is 16.4. The van der Waals surface area contributed by atoms with Gasteiger partial charge < -0.3 is 10.8 Å². The normalized spacial score (nSPS) is 35.3. The molecule has 0 heterocycles. The second-order valence-electron chi connectivity index (χ2n) is 1.27. The van der Waals surface area contributed by atoms with Crippen LogP contribution in [0.2, 0.25) is 0 Å².